The van der Waals surface area contributed by atoms with Gasteiger partial charge in [-0.2, -0.15) is 0 Å². The molecule has 1 atom stereocenters. The summed E-state index contributed by atoms with van der Waals surface area (Å²) in [5, 5.41) is 0. The van der Waals surface area contributed by atoms with Gasteiger partial charge in [0.05, 0.1) is 6.61 Å². The Labute approximate surface area is 420 Å². The fourth-order valence-electron chi connectivity index (χ4n) is 7.34. The number of unbranched alkanes of at least 4 members (excludes halogenated alkanes) is 19. The van der Waals surface area contributed by atoms with E-state index in [4.69, 9.17) is 14.2 Å². The Balaban J connectivity index is 4.40. The molecule has 0 heterocycles. The predicted molar refractivity (Wildman–Crippen MR) is 297 cm³/mol. The normalized spacial score (nSPS) is 13.2. The van der Waals surface area contributed by atoms with Crippen LogP contribution in [0.4, 0.5) is 0 Å². The molecule has 0 aromatic rings. The third-order valence-electron chi connectivity index (χ3n) is 11.5. The molecule has 0 aliphatic heterocycles. The largest absolute Gasteiger partial charge is 0.462 e. The van der Waals surface area contributed by atoms with Crippen molar-refractivity contribution in [1.29, 1.82) is 0 Å². The van der Waals surface area contributed by atoms with E-state index in [2.05, 4.69) is 142 Å². The number of allylic oxidation sites excluding steroid dienone is 20. The molecular weight excluding hydrogens is 837 g/mol. The Morgan fingerprint density at radius 3 is 1.06 bits per heavy atom. The van der Waals surface area contributed by atoms with Gasteiger partial charge in [-0.1, -0.05) is 219 Å². The molecule has 0 saturated heterocycles. The Kier molecular flexibility index (Phi) is 54.5. The van der Waals surface area contributed by atoms with Gasteiger partial charge in [0.2, 0.25) is 0 Å². The number of rotatable bonds is 50. The minimum Gasteiger partial charge on any atom is -0.462 e. The second-order valence-corrected chi connectivity index (χ2v) is 18.1. The van der Waals surface area contributed by atoms with Crippen LogP contribution in [0.1, 0.15) is 239 Å². The molecule has 0 aromatic heterocycles. The summed E-state index contributed by atoms with van der Waals surface area (Å²) in [4.78, 5) is 25.5. The lowest BCUT2D eigenvalue weighted by molar-refractivity contribution is -0.163. The molecule has 68 heavy (non-hydrogen) atoms. The highest BCUT2D eigenvalue weighted by molar-refractivity contribution is 5.70. The van der Waals surface area contributed by atoms with Crippen LogP contribution >= 0.6 is 0 Å². The molecule has 0 aliphatic carbocycles. The minimum absolute atomic E-state index is 0.0542. The van der Waals surface area contributed by atoms with Crippen LogP contribution in [0.5, 0.6) is 0 Å². The molecule has 5 heteroatoms. The van der Waals surface area contributed by atoms with Gasteiger partial charge >= 0.3 is 11.9 Å². The number of esters is 2. The molecule has 1 unspecified atom stereocenters. The minimum atomic E-state index is -0.570. The van der Waals surface area contributed by atoms with E-state index < -0.39 is 6.10 Å². The first kappa shape index (κ1) is 64.3. The summed E-state index contributed by atoms with van der Waals surface area (Å²) in [5.41, 5.74) is 0. The lowest BCUT2D eigenvalue weighted by atomic mass is 10.1. The lowest BCUT2D eigenvalue weighted by Gasteiger charge is -2.18. The topological polar surface area (TPSA) is 61.8 Å². The van der Waals surface area contributed by atoms with Crippen molar-refractivity contribution >= 4 is 11.9 Å². The van der Waals surface area contributed by atoms with Crippen LogP contribution in [0.2, 0.25) is 0 Å². The van der Waals surface area contributed by atoms with Crippen molar-refractivity contribution in [2.75, 3.05) is 19.8 Å². The fraction of sp³-hybridized carbons (Fsp3) is 0.651. The molecule has 386 valence electrons. The first-order chi connectivity index (χ1) is 33.6. The van der Waals surface area contributed by atoms with Crippen LogP contribution in [-0.2, 0) is 23.8 Å². The van der Waals surface area contributed by atoms with Crippen molar-refractivity contribution in [2.45, 2.75) is 245 Å². The van der Waals surface area contributed by atoms with E-state index in [1.54, 1.807) is 0 Å². The Bertz CT molecular complexity index is 1390. The standard InChI is InChI=1S/C63H104O5/c1-4-7-10-13-16-19-22-25-28-31-34-37-40-43-46-49-52-55-58-66-59-61(68-63(65)57-54-51-48-45-42-39-36-33-30-27-24-21-18-15-12-9-6-3)60-67-62(64)56-53-50-47-44-41-38-35-32-29-26-23-20-17-14-11-8-5-2/h7-8,10-11,16-21,25-30,34-35,37-38,61H,4-6,9,12-15,22-24,31-33,36,39-60H2,1-3H3/b10-7-,11-8-,19-16-,20-17-,21-18-,28-25-,29-26-,30-27-,37-34-,38-35-. The van der Waals surface area contributed by atoms with Crippen LogP contribution in [0.25, 0.3) is 0 Å². The van der Waals surface area contributed by atoms with Crippen molar-refractivity contribution in [1.82, 2.24) is 0 Å². The van der Waals surface area contributed by atoms with Gasteiger partial charge in [-0.05, 0) is 128 Å². The average molecular weight is 942 g/mol. The molecule has 0 fully saturated rings. The first-order valence-corrected chi connectivity index (χ1v) is 28.1. The average Bonchev–Trinajstić information content (AvgIpc) is 3.34. The summed E-state index contributed by atoms with van der Waals surface area (Å²) in [7, 11) is 0. The molecular formula is C63H104O5. The summed E-state index contributed by atoms with van der Waals surface area (Å²) in [6.07, 6.45) is 80.7. The van der Waals surface area contributed by atoms with Gasteiger partial charge < -0.3 is 14.2 Å². The van der Waals surface area contributed by atoms with E-state index in [1.807, 2.05) is 0 Å². The molecule has 0 N–H and O–H groups in total. The molecule has 0 amide bonds. The summed E-state index contributed by atoms with van der Waals surface area (Å²) in [5.74, 6) is -0.449. The van der Waals surface area contributed by atoms with Gasteiger partial charge in [-0.25, -0.2) is 0 Å². The monoisotopic (exact) mass is 941 g/mol. The zero-order valence-electron chi connectivity index (χ0n) is 44.3. The van der Waals surface area contributed by atoms with Gasteiger partial charge in [-0.15, -0.1) is 0 Å². The smallest absolute Gasteiger partial charge is 0.306 e. The molecule has 0 aromatic carbocycles. The van der Waals surface area contributed by atoms with Crippen LogP contribution < -0.4 is 0 Å². The van der Waals surface area contributed by atoms with Gasteiger partial charge in [-0.3, -0.25) is 9.59 Å². The highest BCUT2D eigenvalue weighted by Gasteiger charge is 2.17. The van der Waals surface area contributed by atoms with Crippen molar-refractivity contribution in [3.05, 3.63) is 122 Å². The molecule has 5 nitrogen and oxygen atoms in total. The van der Waals surface area contributed by atoms with E-state index in [-0.39, 0.29) is 25.2 Å². The second kappa shape index (κ2) is 57.6. The predicted octanol–water partition coefficient (Wildman–Crippen LogP) is 19.3. The molecule has 0 aliphatic rings. The number of ether oxygens (including phenoxy) is 3. The second-order valence-electron chi connectivity index (χ2n) is 18.1. The van der Waals surface area contributed by atoms with Gasteiger partial charge in [0, 0.05) is 19.4 Å². The quantitative estimate of drug-likeness (QED) is 0.0345. The van der Waals surface area contributed by atoms with E-state index in [9.17, 15) is 9.59 Å². The molecule has 0 radical (unpaired) electrons. The maximum absolute atomic E-state index is 12.9. The van der Waals surface area contributed by atoms with Crippen LogP contribution in [0.3, 0.4) is 0 Å². The van der Waals surface area contributed by atoms with Crippen molar-refractivity contribution in [3.63, 3.8) is 0 Å². The molecule has 0 rings (SSSR count). The van der Waals surface area contributed by atoms with Crippen molar-refractivity contribution in [3.8, 4) is 0 Å². The Morgan fingerprint density at radius 2 is 0.662 bits per heavy atom. The SMILES string of the molecule is CC/C=C\C/C=C\C/C=C\C/C=C\CCCCCCCOCC(COC(=O)CCCCCC/C=C\C/C=C\C/C=C\C/C=C\CC)OC(=O)CCCCCCCCC/C=C\C/C=C\CCCCC. The number of carbonyl (C=O) groups is 2. The zero-order valence-corrected chi connectivity index (χ0v) is 44.3. The molecule has 0 spiro atoms. The summed E-state index contributed by atoms with van der Waals surface area (Å²) in [6.45, 7) is 7.50. The summed E-state index contributed by atoms with van der Waals surface area (Å²) >= 11 is 0. The maximum atomic E-state index is 12.9. The number of hydrogen-bond acceptors (Lipinski definition) is 5. The fourth-order valence-corrected chi connectivity index (χ4v) is 7.34. The summed E-state index contributed by atoms with van der Waals surface area (Å²) in [6, 6.07) is 0. The first-order valence-electron chi connectivity index (χ1n) is 28.1. The van der Waals surface area contributed by atoms with Gasteiger partial charge in [0.1, 0.15) is 6.61 Å². The van der Waals surface area contributed by atoms with Gasteiger partial charge in [0.15, 0.2) is 6.10 Å². The van der Waals surface area contributed by atoms with E-state index >= 15 is 0 Å². The zero-order chi connectivity index (χ0) is 49.2. The lowest BCUT2D eigenvalue weighted by Crippen LogP contribution is -2.30. The molecule has 0 saturated carbocycles. The Morgan fingerprint density at radius 1 is 0.338 bits per heavy atom. The van der Waals surface area contributed by atoms with Crippen LogP contribution in [-0.4, -0.2) is 37.9 Å². The van der Waals surface area contributed by atoms with Crippen molar-refractivity contribution < 1.29 is 23.8 Å². The van der Waals surface area contributed by atoms with Gasteiger partial charge in [0.25, 0.3) is 0 Å². The maximum Gasteiger partial charge on any atom is 0.306 e. The van der Waals surface area contributed by atoms with E-state index in [1.165, 1.54) is 70.6 Å². The van der Waals surface area contributed by atoms with Crippen LogP contribution in [0, 0.1) is 0 Å². The number of hydrogen-bond donors (Lipinski definition) is 0. The molecule has 0 bridgehead atoms. The highest BCUT2D eigenvalue weighted by Crippen LogP contribution is 2.13. The number of carbonyl (C=O) groups excluding carboxylic acids is 2. The van der Waals surface area contributed by atoms with Crippen molar-refractivity contribution in [2.24, 2.45) is 0 Å². The third-order valence-corrected chi connectivity index (χ3v) is 11.5. The Hall–Kier alpha value is -3.70. The third kappa shape index (κ3) is 54.9. The van der Waals surface area contributed by atoms with E-state index in [0.717, 1.165) is 135 Å². The summed E-state index contributed by atoms with van der Waals surface area (Å²) < 4.78 is 17.4. The highest BCUT2D eigenvalue weighted by atomic mass is 16.6. The van der Waals surface area contributed by atoms with E-state index in [0.29, 0.717) is 19.4 Å². The van der Waals surface area contributed by atoms with Crippen LogP contribution in [0.15, 0.2) is 122 Å².